The van der Waals surface area contributed by atoms with Gasteiger partial charge in [-0.1, -0.05) is 23.7 Å². The zero-order chi connectivity index (χ0) is 14.7. The number of carbonyl (C=O) groups is 1. The van der Waals surface area contributed by atoms with Crippen molar-refractivity contribution in [1.29, 1.82) is 0 Å². The van der Waals surface area contributed by atoms with Crippen LogP contribution in [0.1, 0.15) is 25.0 Å². The van der Waals surface area contributed by atoms with Crippen LogP contribution >= 0.6 is 0 Å². The van der Waals surface area contributed by atoms with Crippen molar-refractivity contribution >= 4 is 16.9 Å². The van der Waals surface area contributed by atoms with Gasteiger partial charge in [-0.25, -0.2) is 0 Å². The molecule has 1 aliphatic rings. The average molecular weight is 287 g/mol. The van der Waals surface area contributed by atoms with Gasteiger partial charge in [0.15, 0.2) is 5.58 Å². The van der Waals surface area contributed by atoms with Crippen LogP contribution in [0.25, 0.3) is 11.0 Å². The minimum atomic E-state index is 0.0847. The molecule has 0 bridgehead atoms. The molecule has 1 aromatic carbocycles. The Labute approximate surface area is 124 Å². The van der Waals surface area contributed by atoms with Gasteiger partial charge in [0.05, 0.1) is 6.42 Å². The quantitative estimate of drug-likeness (QED) is 0.934. The van der Waals surface area contributed by atoms with Gasteiger partial charge in [-0.15, -0.1) is 0 Å². The molecule has 2 aromatic rings. The van der Waals surface area contributed by atoms with Crippen molar-refractivity contribution in [2.45, 2.75) is 31.7 Å². The number of hydrogen-bond donors (Lipinski definition) is 1. The molecule has 0 saturated carbocycles. The molecule has 0 aliphatic carbocycles. The van der Waals surface area contributed by atoms with Gasteiger partial charge >= 0.3 is 0 Å². The number of likely N-dealkylation sites (N-methyl/N-ethyl adjacent to an activating group) is 1. The van der Waals surface area contributed by atoms with E-state index in [2.05, 4.69) is 10.5 Å². The van der Waals surface area contributed by atoms with Crippen LogP contribution in [0.4, 0.5) is 0 Å². The second-order valence-electron chi connectivity index (χ2n) is 5.72. The lowest BCUT2D eigenvalue weighted by Crippen LogP contribution is -2.44. The van der Waals surface area contributed by atoms with Crippen LogP contribution < -0.4 is 5.32 Å². The first-order chi connectivity index (χ1) is 10.2. The van der Waals surface area contributed by atoms with E-state index in [1.54, 1.807) is 4.90 Å². The zero-order valence-electron chi connectivity index (χ0n) is 12.3. The molecule has 1 fully saturated rings. The third-order valence-electron chi connectivity index (χ3n) is 4.10. The summed E-state index contributed by atoms with van der Waals surface area (Å²) < 4.78 is 5.25. The smallest absolute Gasteiger partial charge is 0.228 e. The Bertz CT molecular complexity index is 617. The molecule has 2 heterocycles. The number of aromatic nitrogens is 1. The maximum absolute atomic E-state index is 12.3. The normalized spacial score (nSPS) is 18.8. The molecule has 3 rings (SSSR count). The van der Waals surface area contributed by atoms with Gasteiger partial charge in [0.2, 0.25) is 5.91 Å². The Morgan fingerprint density at radius 3 is 3.10 bits per heavy atom. The number of amides is 1. The van der Waals surface area contributed by atoms with Crippen molar-refractivity contribution in [2.75, 3.05) is 20.1 Å². The molecule has 1 atom stereocenters. The molecule has 112 valence electrons. The summed E-state index contributed by atoms with van der Waals surface area (Å²) >= 11 is 0. The summed E-state index contributed by atoms with van der Waals surface area (Å²) in [7, 11) is 1.86. The van der Waals surface area contributed by atoms with E-state index >= 15 is 0 Å². The van der Waals surface area contributed by atoms with Crippen LogP contribution in [0.15, 0.2) is 28.8 Å². The van der Waals surface area contributed by atoms with Gasteiger partial charge in [0.25, 0.3) is 0 Å². The Hall–Kier alpha value is -1.88. The minimum absolute atomic E-state index is 0.0847. The number of nitrogens with one attached hydrogen (secondary N) is 1. The van der Waals surface area contributed by atoms with Crippen molar-refractivity contribution in [3.63, 3.8) is 0 Å². The summed E-state index contributed by atoms with van der Waals surface area (Å²) in [5.74, 6) is 0.0847. The SMILES string of the molecule is CN(CC1CCCCN1)C(=O)Cc1noc2ccccc12. The average Bonchev–Trinajstić information content (AvgIpc) is 2.91. The van der Waals surface area contributed by atoms with E-state index in [0.29, 0.717) is 12.5 Å². The zero-order valence-corrected chi connectivity index (χ0v) is 12.3. The van der Waals surface area contributed by atoms with Crippen molar-refractivity contribution < 1.29 is 9.32 Å². The second kappa shape index (κ2) is 6.26. The number of rotatable bonds is 4. The first-order valence-corrected chi connectivity index (χ1v) is 7.54. The maximum atomic E-state index is 12.3. The van der Waals surface area contributed by atoms with E-state index in [1.807, 2.05) is 31.3 Å². The van der Waals surface area contributed by atoms with Crippen molar-refractivity contribution in [3.05, 3.63) is 30.0 Å². The molecule has 1 N–H and O–H groups in total. The highest BCUT2D eigenvalue weighted by Gasteiger charge is 2.19. The van der Waals surface area contributed by atoms with E-state index < -0.39 is 0 Å². The summed E-state index contributed by atoms with van der Waals surface area (Å²) in [6.07, 6.45) is 3.91. The molecule has 0 spiro atoms. The van der Waals surface area contributed by atoms with E-state index in [4.69, 9.17) is 4.52 Å². The molecule has 1 unspecified atom stereocenters. The molecule has 1 aromatic heterocycles. The maximum Gasteiger partial charge on any atom is 0.228 e. The number of fused-ring (bicyclic) bond motifs is 1. The third-order valence-corrected chi connectivity index (χ3v) is 4.10. The van der Waals surface area contributed by atoms with Crippen LogP contribution in [0, 0.1) is 0 Å². The topological polar surface area (TPSA) is 58.4 Å². The lowest BCUT2D eigenvalue weighted by molar-refractivity contribution is -0.129. The van der Waals surface area contributed by atoms with Gasteiger partial charge in [-0.3, -0.25) is 4.79 Å². The fourth-order valence-electron chi connectivity index (χ4n) is 2.86. The Morgan fingerprint density at radius 2 is 2.29 bits per heavy atom. The number of piperidine rings is 1. The van der Waals surface area contributed by atoms with E-state index in [1.165, 1.54) is 12.8 Å². The van der Waals surface area contributed by atoms with Crippen molar-refractivity contribution in [1.82, 2.24) is 15.4 Å². The number of nitrogens with zero attached hydrogens (tertiary/aromatic N) is 2. The number of hydrogen-bond acceptors (Lipinski definition) is 4. The standard InChI is InChI=1S/C16H21N3O2/c1-19(11-12-6-4-5-9-17-12)16(20)10-14-13-7-2-3-8-15(13)21-18-14/h2-3,7-8,12,17H,4-6,9-11H2,1H3. The van der Waals surface area contributed by atoms with Crippen molar-refractivity contribution in [3.8, 4) is 0 Å². The van der Waals surface area contributed by atoms with Crippen LogP contribution in [0.3, 0.4) is 0 Å². The first kappa shape index (κ1) is 14.1. The molecule has 1 amide bonds. The highest BCUT2D eigenvalue weighted by Crippen LogP contribution is 2.18. The van der Waals surface area contributed by atoms with Crippen LogP contribution in [-0.2, 0) is 11.2 Å². The number of carbonyl (C=O) groups excluding carboxylic acids is 1. The Morgan fingerprint density at radius 1 is 1.43 bits per heavy atom. The lowest BCUT2D eigenvalue weighted by atomic mass is 10.0. The van der Waals surface area contributed by atoms with Gasteiger partial charge in [-0.2, -0.15) is 0 Å². The fraction of sp³-hybridized carbons (Fsp3) is 0.500. The molecule has 1 aliphatic heterocycles. The predicted octanol–water partition coefficient (Wildman–Crippen LogP) is 1.97. The molecule has 5 heteroatoms. The van der Waals surface area contributed by atoms with Crippen LogP contribution in [0.5, 0.6) is 0 Å². The predicted molar refractivity (Wildman–Crippen MR) is 81.0 cm³/mol. The molecule has 0 radical (unpaired) electrons. The third kappa shape index (κ3) is 3.24. The number of para-hydroxylation sites is 1. The summed E-state index contributed by atoms with van der Waals surface area (Å²) in [6, 6.07) is 8.06. The van der Waals surface area contributed by atoms with Gasteiger partial charge < -0.3 is 14.7 Å². The van der Waals surface area contributed by atoms with Crippen molar-refractivity contribution in [2.24, 2.45) is 0 Å². The summed E-state index contributed by atoms with van der Waals surface area (Å²) in [4.78, 5) is 14.1. The van der Waals surface area contributed by atoms with E-state index in [9.17, 15) is 4.79 Å². The molecule has 5 nitrogen and oxygen atoms in total. The van der Waals surface area contributed by atoms with E-state index in [-0.39, 0.29) is 5.91 Å². The largest absolute Gasteiger partial charge is 0.356 e. The fourth-order valence-corrected chi connectivity index (χ4v) is 2.86. The number of benzene rings is 1. The van der Waals surface area contributed by atoms with Crippen LogP contribution in [0.2, 0.25) is 0 Å². The highest BCUT2D eigenvalue weighted by atomic mass is 16.5. The van der Waals surface area contributed by atoms with Gasteiger partial charge in [-0.05, 0) is 31.5 Å². The summed E-state index contributed by atoms with van der Waals surface area (Å²) in [5.41, 5.74) is 1.45. The Balaban J connectivity index is 1.62. The molecular formula is C16H21N3O2. The molecule has 1 saturated heterocycles. The second-order valence-corrected chi connectivity index (χ2v) is 5.72. The van der Waals surface area contributed by atoms with E-state index in [0.717, 1.165) is 36.2 Å². The first-order valence-electron chi connectivity index (χ1n) is 7.54. The van der Waals surface area contributed by atoms with Gasteiger partial charge in [0, 0.05) is 25.0 Å². The van der Waals surface area contributed by atoms with Crippen LogP contribution in [-0.4, -0.2) is 42.1 Å². The van der Waals surface area contributed by atoms with Gasteiger partial charge in [0.1, 0.15) is 5.69 Å². The highest BCUT2D eigenvalue weighted by molar-refractivity contribution is 5.86. The summed E-state index contributed by atoms with van der Waals surface area (Å²) in [6.45, 7) is 1.81. The molecular weight excluding hydrogens is 266 g/mol. The summed E-state index contributed by atoms with van der Waals surface area (Å²) in [5, 5.41) is 8.42. The minimum Gasteiger partial charge on any atom is -0.356 e. The Kier molecular flexibility index (Phi) is 4.20. The lowest BCUT2D eigenvalue weighted by Gasteiger charge is -2.28. The molecule has 21 heavy (non-hydrogen) atoms. The monoisotopic (exact) mass is 287 g/mol.